The lowest BCUT2D eigenvalue weighted by Gasteiger charge is -2.37. The van der Waals surface area contributed by atoms with Crippen LogP contribution in [0.4, 0.5) is 10.1 Å². The quantitative estimate of drug-likeness (QED) is 0.710. The molecule has 2 aromatic carbocycles. The van der Waals surface area contributed by atoms with Crippen LogP contribution >= 0.6 is 27.5 Å². The van der Waals surface area contributed by atoms with E-state index >= 15 is 0 Å². The van der Waals surface area contributed by atoms with Gasteiger partial charge in [0.05, 0.1) is 5.69 Å². The summed E-state index contributed by atoms with van der Waals surface area (Å²) in [5.41, 5.74) is 2.88. The average molecular weight is 369 g/mol. The van der Waals surface area contributed by atoms with Gasteiger partial charge in [-0.1, -0.05) is 29.8 Å². The van der Waals surface area contributed by atoms with E-state index in [2.05, 4.69) is 21.2 Å². The van der Waals surface area contributed by atoms with Crippen LogP contribution in [0, 0.1) is 12.7 Å². The number of nitrogens with one attached hydrogen (secondary N) is 1. The minimum absolute atomic E-state index is 0.0967. The van der Waals surface area contributed by atoms with Gasteiger partial charge in [-0.3, -0.25) is 0 Å². The van der Waals surface area contributed by atoms with E-state index in [-0.39, 0.29) is 5.82 Å². The molecule has 0 amide bonds. The molecule has 0 unspecified atom stereocenters. The second kappa shape index (κ2) is 5.98. The lowest BCUT2D eigenvalue weighted by Crippen LogP contribution is -2.34. The van der Waals surface area contributed by atoms with Gasteiger partial charge >= 0.3 is 0 Å². The Hall–Kier alpha value is -1.06. The zero-order valence-corrected chi connectivity index (χ0v) is 14.0. The molecular formula is C17H16BrClFN. The first-order valence-corrected chi connectivity index (χ1v) is 8.18. The largest absolute Gasteiger partial charge is 0.381 e. The molecule has 0 atom stereocenters. The lowest BCUT2D eigenvalue weighted by atomic mass is 9.75. The predicted molar refractivity (Wildman–Crippen MR) is 89.7 cm³/mol. The Labute approximate surface area is 137 Å². The fourth-order valence-electron chi connectivity index (χ4n) is 2.77. The highest BCUT2D eigenvalue weighted by atomic mass is 79.9. The molecule has 0 aliphatic heterocycles. The van der Waals surface area contributed by atoms with Crippen LogP contribution in [-0.2, 0) is 0 Å². The Bertz CT molecular complexity index is 668. The molecule has 0 heterocycles. The van der Waals surface area contributed by atoms with Crippen LogP contribution in [-0.4, -0.2) is 6.04 Å². The van der Waals surface area contributed by atoms with Gasteiger partial charge in [-0.15, -0.1) is 0 Å². The first-order valence-electron chi connectivity index (χ1n) is 7.01. The Morgan fingerprint density at radius 2 is 1.95 bits per heavy atom. The van der Waals surface area contributed by atoms with Crippen molar-refractivity contribution >= 4 is 33.2 Å². The van der Waals surface area contributed by atoms with Crippen LogP contribution in [0.2, 0.25) is 5.02 Å². The molecule has 1 N–H and O–H groups in total. The summed E-state index contributed by atoms with van der Waals surface area (Å²) < 4.78 is 14.7. The van der Waals surface area contributed by atoms with Gasteiger partial charge in [0.1, 0.15) is 5.82 Å². The van der Waals surface area contributed by atoms with Gasteiger partial charge in [0.25, 0.3) is 0 Å². The van der Waals surface area contributed by atoms with Gasteiger partial charge in [-0.25, -0.2) is 4.39 Å². The van der Waals surface area contributed by atoms with Crippen molar-refractivity contribution in [3.8, 4) is 0 Å². The number of hydrogen-bond acceptors (Lipinski definition) is 1. The maximum atomic E-state index is 13.7. The third-order valence-electron chi connectivity index (χ3n) is 4.09. The topological polar surface area (TPSA) is 12.0 Å². The summed E-state index contributed by atoms with van der Waals surface area (Å²) in [5.74, 6) is 0.212. The van der Waals surface area contributed by atoms with E-state index < -0.39 is 0 Å². The van der Waals surface area contributed by atoms with Crippen LogP contribution in [0.15, 0.2) is 40.9 Å². The van der Waals surface area contributed by atoms with Crippen molar-refractivity contribution in [2.75, 3.05) is 5.32 Å². The second-order valence-corrected chi connectivity index (χ2v) is 6.87. The molecular weight excluding hydrogens is 353 g/mol. The van der Waals surface area contributed by atoms with E-state index in [0.29, 0.717) is 12.0 Å². The zero-order chi connectivity index (χ0) is 15.0. The van der Waals surface area contributed by atoms with Gasteiger partial charge in [0.2, 0.25) is 0 Å². The number of rotatable bonds is 3. The van der Waals surface area contributed by atoms with E-state index in [1.54, 1.807) is 6.07 Å². The Morgan fingerprint density at radius 1 is 1.24 bits per heavy atom. The molecule has 0 aromatic heterocycles. The molecule has 0 spiro atoms. The Kier molecular flexibility index (Phi) is 4.23. The van der Waals surface area contributed by atoms with Gasteiger partial charge < -0.3 is 5.32 Å². The van der Waals surface area contributed by atoms with Crippen molar-refractivity contribution in [1.82, 2.24) is 0 Å². The molecule has 4 heteroatoms. The number of anilines is 1. The minimum Gasteiger partial charge on any atom is -0.381 e. The first kappa shape index (κ1) is 14.9. The standard InChI is InChI=1S/C17H16BrClFN/c1-10-6-14(18)17(9-15(10)19)21-12-7-11(8-12)13-4-2-3-5-16(13)20/h2-6,9,11-12,21H,7-8H2,1H3. The van der Waals surface area contributed by atoms with Crippen LogP contribution in [0.1, 0.15) is 29.9 Å². The number of benzene rings is 2. The summed E-state index contributed by atoms with van der Waals surface area (Å²) in [6.45, 7) is 1.98. The smallest absolute Gasteiger partial charge is 0.126 e. The summed E-state index contributed by atoms with van der Waals surface area (Å²) in [6.07, 6.45) is 1.89. The molecule has 1 aliphatic rings. The van der Waals surface area contributed by atoms with Crippen molar-refractivity contribution in [2.45, 2.75) is 31.7 Å². The fourth-order valence-corrected chi connectivity index (χ4v) is 3.51. The summed E-state index contributed by atoms with van der Waals surface area (Å²) in [7, 11) is 0. The molecule has 1 nitrogen and oxygen atoms in total. The monoisotopic (exact) mass is 367 g/mol. The molecule has 0 radical (unpaired) electrons. The highest BCUT2D eigenvalue weighted by Crippen LogP contribution is 2.41. The van der Waals surface area contributed by atoms with Crippen LogP contribution in [0.5, 0.6) is 0 Å². The van der Waals surface area contributed by atoms with Crippen molar-refractivity contribution in [3.63, 3.8) is 0 Å². The molecule has 110 valence electrons. The van der Waals surface area contributed by atoms with Gasteiger partial charge in [0.15, 0.2) is 0 Å². The first-order chi connectivity index (χ1) is 10.0. The molecule has 0 bridgehead atoms. The SMILES string of the molecule is Cc1cc(Br)c(NC2CC(c3ccccc3F)C2)cc1Cl. The molecule has 21 heavy (non-hydrogen) atoms. The highest BCUT2D eigenvalue weighted by molar-refractivity contribution is 9.10. The van der Waals surface area contributed by atoms with Crippen molar-refractivity contribution in [3.05, 3.63) is 62.8 Å². The minimum atomic E-state index is -0.0967. The molecule has 2 aromatic rings. The lowest BCUT2D eigenvalue weighted by molar-refractivity contribution is 0.363. The Morgan fingerprint density at radius 3 is 2.67 bits per heavy atom. The summed E-state index contributed by atoms with van der Waals surface area (Å²) in [4.78, 5) is 0. The van der Waals surface area contributed by atoms with Gasteiger partial charge in [0, 0.05) is 15.5 Å². The fraction of sp³-hybridized carbons (Fsp3) is 0.294. The maximum absolute atomic E-state index is 13.7. The molecule has 3 rings (SSSR count). The van der Waals surface area contributed by atoms with E-state index in [0.717, 1.165) is 39.2 Å². The predicted octanol–water partition coefficient (Wildman–Crippen LogP) is 5.91. The van der Waals surface area contributed by atoms with Crippen molar-refractivity contribution < 1.29 is 4.39 Å². The van der Waals surface area contributed by atoms with E-state index in [9.17, 15) is 4.39 Å². The van der Waals surface area contributed by atoms with Crippen molar-refractivity contribution in [2.24, 2.45) is 0 Å². The highest BCUT2D eigenvalue weighted by Gasteiger charge is 2.32. The number of hydrogen-bond donors (Lipinski definition) is 1. The third kappa shape index (κ3) is 3.09. The Balaban J connectivity index is 1.65. The van der Waals surface area contributed by atoms with Gasteiger partial charge in [-0.2, -0.15) is 0 Å². The molecule has 0 saturated heterocycles. The van der Waals surface area contributed by atoms with Crippen LogP contribution < -0.4 is 5.32 Å². The summed E-state index contributed by atoms with van der Waals surface area (Å²) >= 11 is 9.72. The van der Waals surface area contributed by atoms with E-state index in [1.165, 1.54) is 6.07 Å². The normalized spacial score (nSPS) is 21.0. The number of aryl methyl sites for hydroxylation is 1. The zero-order valence-electron chi connectivity index (χ0n) is 11.7. The maximum Gasteiger partial charge on any atom is 0.126 e. The molecule has 1 saturated carbocycles. The summed E-state index contributed by atoms with van der Waals surface area (Å²) in [6, 6.07) is 11.4. The van der Waals surface area contributed by atoms with Gasteiger partial charge in [-0.05, 0) is 70.9 Å². The van der Waals surface area contributed by atoms with E-state index in [1.807, 2.05) is 31.2 Å². The second-order valence-electron chi connectivity index (χ2n) is 5.61. The average Bonchev–Trinajstić information content (AvgIpc) is 2.40. The van der Waals surface area contributed by atoms with Crippen molar-refractivity contribution in [1.29, 1.82) is 0 Å². The summed E-state index contributed by atoms with van der Waals surface area (Å²) in [5, 5.41) is 4.24. The van der Waals surface area contributed by atoms with E-state index in [4.69, 9.17) is 11.6 Å². The molecule has 1 fully saturated rings. The van der Waals surface area contributed by atoms with Crippen LogP contribution in [0.3, 0.4) is 0 Å². The third-order valence-corrected chi connectivity index (χ3v) is 5.15. The number of halogens is 3. The molecule has 1 aliphatic carbocycles. The van der Waals surface area contributed by atoms with Crippen LogP contribution in [0.25, 0.3) is 0 Å².